The average molecular weight is 389 g/mol. The number of hydrogen-bond donors (Lipinski definition) is 0. The van der Waals surface area contributed by atoms with Gasteiger partial charge in [0.15, 0.2) is 0 Å². The molecule has 0 N–H and O–H groups in total. The summed E-state index contributed by atoms with van der Waals surface area (Å²) in [7, 11) is 2.79. The normalized spacial score (nSPS) is 11.8. The van der Waals surface area contributed by atoms with E-state index < -0.39 is 5.97 Å². The first kappa shape index (κ1) is 17.8. The highest BCUT2D eigenvalue weighted by Crippen LogP contribution is 2.26. The first-order chi connectivity index (χ1) is 11.6. The van der Waals surface area contributed by atoms with Crippen molar-refractivity contribution in [3.63, 3.8) is 0 Å². The largest absolute Gasteiger partial charge is 0.503 e. The zero-order valence-electron chi connectivity index (χ0n) is 13.4. The van der Waals surface area contributed by atoms with E-state index in [-0.39, 0.29) is 5.57 Å². The topological polar surface area (TPSA) is 44.8 Å². The van der Waals surface area contributed by atoms with Gasteiger partial charge in [0.2, 0.25) is 0 Å². The van der Waals surface area contributed by atoms with Gasteiger partial charge in [-0.3, -0.25) is 0 Å². The van der Waals surface area contributed by atoms with Crippen LogP contribution in [0.4, 0.5) is 0 Å². The summed E-state index contributed by atoms with van der Waals surface area (Å²) < 4.78 is 16.0. The Morgan fingerprint density at radius 2 is 1.71 bits per heavy atom. The van der Waals surface area contributed by atoms with Gasteiger partial charge in [0.1, 0.15) is 17.1 Å². The van der Waals surface area contributed by atoms with Crippen LogP contribution < -0.4 is 4.74 Å². The van der Waals surface area contributed by atoms with Gasteiger partial charge < -0.3 is 14.2 Å². The summed E-state index contributed by atoms with van der Waals surface area (Å²) in [6, 6.07) is 17.0. The summed E-state index contributed by atoms with van der Waals surface area (Å²) in [6.45, 7) is 0. The molecule has 24 heavy (non-hydrogen) atoms. The van der Waals surface area contributed by atoms with Crippen molar-refractivity contribution in [3.05, 3.63) is 76.5 Å². The van der Waals surface area contributed by atoms with Crippen molar-refractivity contribution in [2.45, 2.75) is 0 Å². The monoisotopic (exact) mass is 388 g/mol. The third kappa shape index (κ3) is 4.99. The molecular formula is C19H17BrO4. The molecule has 0 radical (unpaired) electrons. The lowest BCUT2D eigenvalue weighted by atomic mass is 10.1. The van der Waals surface area contributed by atoms with Crippen LogP contribution in [0.1, 0.15) is 5.56 Å². The Balaban J connectivity index is 2.24. The number of hydrogen-bond acceptors (Lipinski definition) is 4. The molecule has 0 aromatic heterocycles. The van der Waals surface area contributed by atoms with E-state index in [0.717, 1.165) is 11.3 Å². The summed E-state index contributed by atoms with van der Waals surface area (Å²) in [5.74, 6) is 0.967. The van der Waals surface area contributed by atoms with Gasteiger partial charge >= 0.3 is 5.97 Å². The van der Waals surface area contributed by atoms with Crippen molar-refractivity contribution in [2.75, 3.05) is 14.2 Å². The number of ether oxygens (including phenoxy) is 3. The Kier molecular flexibility index (Phi) is 6.63. The highest BCUT2D eigenvalue weighted by atomic mass is 79.9. The number of carbonyl (C=O) groups is 1. The number of para-hydroxylation sites is 1. The minimum Gasteiger partial charge on any atom is -0.503 e. The van der Waals surface area contributed by atoms with Gasteiger partial charge in [-0.05, 0) is 51.8 Å². The standard InChI is InChI=1S/C19H17BrO4/c1-22-13-17(19(21)23-2)18(20)12-14-7-6-10-16(11-14)24-15-8-4-3-5-9-15/h3-13H,1-2H3. The number of carbonyl (C=O) groups excluding carboxylic acids is 1. The van der Waals surface area contributed by atoms with E-state index in [9.17, 15) is 4.79 Å². The van der Waals surface area contributed by atoms with Crippen molar-refractivity contribution in [2.24, 2.45) is 0 Å². The molecule has 0 aliphatic heterocycles. The third-order valence-corrected chi connectivity index (χ3v) is 3.68. The fourth-order valence-corrected chi connectivity index (χ4v) is 2.47. The third-order valence-electron chi connectivity index (χ3n) is 3.03. The molecule has 2 aromatic carbocycles. The minimum absolute atomic E-state index is 0.286. The summed E-state index contributed by atoms with van der Waals surface area (Å²) in [4.78, 5) is 11.8. The van der Waals surface area contributed by atoms with E-state index in [1.54, 1.807) is 6.08 Å². The maximum Gasteiger partial charge on any atom is 0.342 e. The zero-order chi connectivity index (χ0) is 17.4. The van der Waals surface area contributed by atoms with Crippen LogP contribution in [-0.2, 0) is 14.3 Å². The molecule has 0 aliphatic carbocycles. The van der Waals surface area contributed by atoms with Crippen molar-refractivity contribution in [1.29, 1.82) is 0 Å². The SMILES string of the molecule is COC=C(C(=O)OC)C(Br)=Cc1cccc(Oc2ccccc2)c1. The molecule has 0 bridgehead atoms. The molecule has 0 saturated heterocycles. The number of methoxy groups -OCH3 is 2. The van der Waals surface area contributed by atoms with E-state index in [1.807, 2.05) is 54.6 Å². The fourth-order valence-electron chi connectivity index (χ4n) is 1.95. The summed E-state index contributed by atoms with van der Waals surface area (Å²) in [5.41, 5.74) is 1.15. The Morgan fingerprint density at radius 3 is 2.38 bits per heavy atom. The van der Waals surface area contributed by atoms with Gasteiger partial charge in [-0.25, -0.2) is 4.79 Å². The van der Waals surface area contributed by atoms with Crippen LogP contribution in [0, 0.1) is 0 Å². The van der Waals surface area contributed by atoms with E-state index in [1.165, 1.54) is 20.5 Å². The van der Waals surface area contributed by atoms with E-state index in [2.05, 4.69) is 15.9 Å². The number of rotatable bonds is 6. The molecule has 0 fully saturated rings. The van der Waals surface area contributed by atoms with Crippen LogP contribution in [0.2, 0.25) is 0 Å². The van der Waals surface area contributed by atoms with Crippen molar-refractivity contribution < 1.29 is 19.0 Å². The maximum atomic E-state index is 11.8. The molecule has 124 valence electrons. The second kappa shape index (κ2) is 8.93. The second-order valence-electron chi connectivity index (χ2n) is 4.74. The van der Waals surface area contributed by atoms with Crippen LogP contribution in [0.25, 0.3) is 6.08 Å². The fraction of sp³-hybridized carbons (Fsp3) is 0.105. The predicted octanol–water partition coefficient (Wildman–Crippen LogP) is 4.92. The van der Waals surface area contributed by atoms with E-state index in [0.29, 0.717) is 10.2 Å². The lowest BCUT2D eigenvalue weighted by molar-refractivity contribution is -0.135. The van der Waals surface area contributed by atoms with Crippen molar-refractivity contribution in [1.82, 2.24) is 0 Å². The number of esters is 1. The van der Waals surface area contributed by atoms with E-state index in [4.69, 9.17) is 14.2 Å². The Bertz CT molecular complexity index is 751. The highest BCUT2D eigenvalue weighted by molar-refractivity contribution is 9.12. The lowest BCUT2D eigenvalue weighted by Gasteiger charge is -2.07. The quantitative estimate of drug-likeness (QED) is 0.305. The van der Waals surface area contributed by atoms with Gasteiger partial charge in [-0.15, -0.1) is 0 Å². The summed E-state index contributed by atoms with van der Waals surface area (Å²) in [6.07, 6.45) is 3.12. The molecule has 0 heterocycles. The first-order valence-electron chi connectivity index (χ1n) is 7.16. The molecule has 0 spiro atoms. The lowest BCUT2D eigenvalue weighted by Crippen LogP contribution is -2.05. The van der Waals surface area contributed by atoms with Crippen LogP contribution in [0.3, 0.4) is 0 Å². The van der Waals surface area contributed by atoms with Gasteiger partial charge in [0, 0.05) is 4.48 Å². The molecule has 4 nitrogen and oxygen atoms in total. The Labute approximate surface area is 149 Å². The van der Waals surface area contributed by atoms with Crippen LogP contribution in [0.5, 0.6) is 11.5 Å². The molecule has 0 saturated carbocycles. The summed E-state index contributed by atoms with van der Waals surface area (Å²) >= 11 is 3.39. The van der Waals surface area contributed by atoms with Gasteiger partial charge in [-0.2, -0.15) is 0 Å². The smallest absolute Gasteiger partial charge is 0.342 e. The van der Waals surface area contributed by atoms with E-state index >= 15 is 0 Å². The first-order valence-corrected chi connectivity index (χ1v) is 7.95. The Hall–Kier alpha value is -2.53. The van der Waals surface area contributed by atoms with Crippen molar-refractivity contribution in [3.8, 4) is 11.5 Å². The predicted molar refractivity (Wildman–Crippen MR) is 97.0 cm³/mol. The number of benzene rings is 2. The molecule has 0 atom stereocenters. The van der Waals surface area contributed by atoms with Crippen molar-refractivity contribution >= 4 is 28.0 Å². The molecule has 0 aliphatic rings. The average Bonchev–Trinajstić information content (AvgIpc) is 2.60. The van der Waals surface area contributed by atoms with Gasteiger partial charge in [0.05, 0.1) is 20.5 Å². The van der Waals surface area contributed by atoms with Gasteiger partial charge in [-0.1, -0.05) is 30.3 Å². The number of halogens is 1. The minimum atomic E-state index is -0.489. The zero-order valence-corrected chi connectivity index (χ0v) is 14.9. The highest BCUT2D eigenvalue weighted by Gasteiger charge is 2.14. The maximum absolute atomic E-state index is 11.8. The molecule has 0 amide bonds. The van der Waals surface area contributed by atoms with Crippen LogP contribution in [-0.4, -0.2) is 20.2 Å². The molecular weight excluding hydrogens is 372 g/mol. The molecule has 5 heteroatoms. The Morgan fingerprint density at radius 1 is 1.00 bits per heavy atom. The van der Waals surface area contributed by atoms with Gasteiger partial charge in [0.25, 0.3) is 0 Å². The molecule has 2 rings (SSSR count). The van der Waals surface area contributed by atoms with Crippen LogP contribution in [0.15, 0.2) is 70.9 Å². The molecule has 2 aromatic rings. The second-order valence-corrected chi connectivity index (χ2v) is 5.59. The summed E-state index contributed by atoms with van der Waals surface area (Å²) in [5, 5.41) is 0. The van der Waals surface area contributed by atoms with Crippen LogP contribution >= 0.6 is 15.9 Å². The molecule has 0 unspecified atom stereocenters.